The summed E-state index contributed by atoms with van der Waals surface area (Å²) >= 11 is 0. The highest BCUT2D eigenvalue weighted by Crippen LogP contribution is 2.51. The van der Waals surface area contributed by atoms with E-state index in [-0.39, 0.29) is 11.0 Å². The smallest absolute Gasteiger partial charge is 0.132 e. The highest BCUT2D eigenvalue weighted by atomic mass is 15.2. The molecule has 41 heavy (non-hydrogen) atoms. The second kappa shape index (κ2) is 11.9. The molecule has 0 spiro atoms. The molecule has 3 aromatic rings. The number of allylic oxidation sites excluding steroid dienone is 6. The summed E-state index contributed by atoms with van der Waals surface area (Å²) in [6, 6.07) is 32.2. The van der Waals surface area contributed by atoms with Gasteiger partial charge in [0.05, 0.1) is 0 Å². The zero-order chi connectivity index (χ0) is 29.0. The molecule has 4 heteroatoms. The van der Waals surface area contributed by atoms with Gasteiger partial charge in [0, 0.05) is 41.4 Å². The molecule has 1 unspecified atom stereocenters. The van der Waals surface area contributed by atoms with Gasteiger partial charge < -0.3 is 9.80 Å². The Hall–Kier alpha value is -4.54. The lowest BCUT2D eigenvalue weighted by Gasteiger charge is -2.42. The number of rotatable bonds is 7. The summed E-state index contributed by atoms with van der Waals surface area (Å²) in [5.74, 6) is 0.413. The van der Waals surface area contributed by atoms with Crippen LogP contribution in [0.3, 0.4) is 0 Å². The largest absolute Gasteiger partial charge is 0.372 e. The minimum atomic E-state index is -0.00216. The summed E-state index contributed by atoms with van der Waals surface area (Å²) in [4.78, 5) is 4.75. The van der Waals surface area contributed by atoms with Crippen LogP contribution in [0.2, 0.25) is 0 Å². The van der Waals surface area contributed by atoms with Crippen molar-refractivity contribution in [2.45, 2.75) is 47.0 Å². The van der Waals surface area contributed by atoms with Crippen LogP contribution in [0.15, 0.2) is 108 Å². The molecule has 0 aliphatic heterocycles. The van der Waals surface area contributed by atoms with Crippen molar-refractivity contribution >= 4 is 28.3 Å². The standard InChI is InChI=1S/C37H38N4/c1-5-40(6-2)36-23-33(41(31-13-9-7-10-14-31)32-15-11-8-12-16-32)18-19-34(36)27-17-20-35-28(21-27)22-29(24-37(35,3)4)30(25-38)26-39/h7-16,18-19,21-23,35H,5-6,17,20,24H2,1-4H3. The number of benzene rings is 3. The van der Waals surface area contributed by atoms with Crippen molar-refractivity contribution in [3.8, 4) is 12.1 Å². The van der Waals surface area contributed by atoms with Crippen LogP contribution in [0.25, 0.3) is 5.57 Å². The summed E-state index contributed by atoms with van der Waals surface area (Å²) in [5, 5.41) is 19.2. The number of anilines is 4. The average molecular weight is 539 g/mol. The maximum Gasteiger partial charge on any atom is 0.132 e. The summed E-state index contributed by atoms with van der Waals surface area (Å²) in [5.41, 5.74) is 9.51. The minimum Gasteiger partial charge on any atom is -0.372 e. The third-order valence-corrected chi connectivity index (χ3v) is 8.64. The van der Waals surface area contributed by atoms with Gasteiger partial charge in [0.25, 0.3) is 0 Å². The number of fused-ring (bicyclic) bond motifs is 1. The Morgan fingerprint density at radius 1 is 0.829 bits per heavy atom. The lowest BCUT2D eigenvalue weighted by Crippen LogP contribution is -2.31. The van der Waals surface area contributed by atoms with Crippen LogP contribution in [-0.2, 0) is 0 Å². The predicted molar refractivity (Wildman–Crippen MR) is 170 cm³/mol. The maximum absolute atomic E-state index is 9.58. The fourth-order valence-electron chi connectivity index (χ4n) is 6.59. The fourth-order valence-corrected chi connectivity index (χ4v) is 6.59. The summed E-state index contributed by atoms with van der Waals surface area (Å²) in [6.45, 7) is 10.8. The molecule has 0 N–H and O–H groups in total. The molecule has 0 radical (unpaired) electrons. The average Bonchev–Trinajstić information content (AvgIpc) is 2.99. The van der Waals surface area contributed by atoms with Gasteiger partial charge in [-0.1, -0.05) is 68.5 Å². The molecule has 5 rings (SSSR count). The number of para-hydroxylation sites is 2. The van der Waals surface area contributed by atoms with Crippen molar-refractivity contribution in [1.29, 1.82) is 10.5 Å². The Morgan fingerprint density at radius 2 is 1.44 bits per heavy atom. The number of hydrogen-bond donors (Lipinski definition) is 0. The summed E-state index contributed by atoms with van der Waals surface area (Å²) < 4.78 is 0. The highest BCUT2D eigenvalue weighted by molar-refractivity contribution is 5.85. The van der Waals surface area contributed by atoms with E-state index in [1.165, 1.54) is 22.4 Å². The molecule has 0 bridgehead atoms. The van der Waals surface area contributed by atoms with Crippen molar-refractivity contribution < 1.29 is 0 Å². The topological polar surface area (TPSA) is 54.1 Å². The summed E-state index contributed by atoms with van der Waals surface area (Å²) in [7, 11) is 0. The third-order valence-electron chi connectivity index (χ3n) is 8.64. The van der Waals surface area contributed by atoms with Gasteiger partial charge in [-0.05, 0) is 97.6 Å². The lowest BCUT2D eigenvalue weighted by molar-refractivity contribution is 0.227. The van der Waals surface area contributed by atoms with Crippen LogP contribution < -0.4 is 9.80 Å². The van der Waals surface area contributed by atoms with Gasteiger partial charge in [0.15, 0.2) is 0 Å². The Morgan fingerprint density at radius 3 is 2.00 bits per heavy atom. The minimum absolute atomic E-state index is 0.00216. The normalized spacial score (nSPS) is 17.3. The van der Waals surface area contributed by atoms with Gasteiger partial charge in [0.2, 0.25) is 0 Å². The first-order chi connectivity index (χ1) is 19.9. The Labute approximate surface area is 245 Å². The molecule has 0 fully saturated rings. The van der Waals surface area contributed by atoms with Gasteiger partial charge in [0.1, 0.15) is 17.7 Å². The van der Waals surface area contributed by atoms with E-state index in [4.69, 9.17) is 0 Å². The van der Waals surface area contributed by atoms with Crippen LogP contribution in [0.4, 0.5) is 22.7 Å². The Kier molecular flexibility index (Phi) is 8.14. The van der Waals surface area contributed by atoms with Crippen molar-refractivity contribution in [2.24, 2.45) is 11.3 Å². The zero-order valence-corrected chi connectivity index (χ0v) is 24.6. The van der Waals surface area contributed by atoms with E-state index in [0.717, 1.165) is 55.0 Å². The molecule has 1 atom stereocenters. The first-order valence-electron chi connectivity index (χ1n) is 14.6. The van der Waals surface area contributed by atoms with Gasteiger partial charge in [-0.2, -0.15) is 10.5 Å². The molecule has 2 aliphatic rings. The molecule has 2 aliphatic carbocycles. The van der Waals surface area contributed by atoms with Crippen molar-refractivity contribution in [1.82, 2.24) is 0 Å². The second-order valence-corrected chi connectivity index (χ2v) is 11.6. The first-order valence-corrected chi connectivity index (χ1v) is 14.6. The quantitative estimate of drug-likeness (QED) is 0.281. The van der Waals surface area contributed by atoms with Crippen LogP contribution >= 0.6 is 0 Å². The Balaban J connectivity index is 1.65. The van der Waals surface area contributed by atoms with Gasteiger partial charge in [-0.15, -0.1) is 0 Å². The molecule has 4 nitrogen and oxygen atoms in total. The number of hydrogen-bond acceptors (Lipinski definition) is 4. The molecule has 206 valence electrons. The van der Waals surface area contributed by atoms with E-state index in [2.05, 4.69) is 141 Å². The van der Waals surface area contributed by atoms with Gasteiger partial charge in [-0.3, -0.25) is 0 Å². The van der Waals surface area contributed by atoms with Crippen LogP contribution in [-0.4, -0.2) is 13.1 Å². The molecule has 0 saturated heterocycles. The van der Waals surface area contributed by atoms with E-state index < -0.39 is 0 Å². The van der Waals surface area contributed by atoms with Crippen LogP contribution in [0.5, 0.6) is 0 Å². The van der Waals surface area contributed by atoms with Crippen molar-refractivity contribution in [3.05, 3.63) is 113 Å². The molecule has 0 amide bonds. The number of nitriles is 2. The monoisotopic (exact) mass is 538 g/mol. The Bertz CT molecular complexity index is 1520. The molecule has 0 heterocycles. The van der Waals surface area contributed by atoms with E-state index in [9.17, 15) is 10.5 Å². The summed E-state index contributed by atoms with van der Waals surface area (Å²) in [6.07, 6.45) is 7.29. The van der Waals surface area contributed by atoms with Crippen molar-refractivity contribution in [3.63, 3.8) is 0 Å². The van der Waals surface area contributed by atoms with Gasteiger partial charge in [-0.25, -0.2) is 0 Å². The lowest BCUT2D eigenvalue weighted by atomic mass is 9.62. The molecule has 0 saturated carbocycles. The SMILES string of the molecule is CCN(CC)c1cc(N(c2ccccc2)c2ccccc2)ccc1C1=CC2=CC(=C(C#N)C#N)CC(C)(C)C2CC1. The van der Waals surface area contributed by atoms with Crippen LogP contribution in [0, 0.1) is 34.0 Å². The third kappa shape index (κ3) is 5.57. The van der Waals surface area contributed by atoms with E-state index in [1.54, 1.807) is 0 Å². The van der Waals surface area contributed by atoms with E-state index in [0.29, 0.717) is 5.92 Å². The van der Waals surface area contributed by atoms with Crippen LogP contribution in [0.1, 0.15) is 52.5 Å². The predicted octanol–water partition coefficient (Wildman–Crippen LogP) is 9.50. The highest BCUT2D eigenvalue weighted by Gasteiger charge is 2.38. The number of nitrogens with zero attached hydrogens (tertiary/aromatic N) is 4. The molecule has 0 aromatic heterocycles. The van der Waals surface area contributed by atoms with Gasteiger partial charge >= 0.3 is 0 Å². The molecule has 3 aromatic carbocycles. The zero-order valence-electron chi connectivity index (χ0n) is 24.6. The first kappa shape index (κ1) is 28.0. The molecular weight excluding hydrogens is 500 g/mol. The molecular formula is C37H38N4. The fraction of sp³-hybridized carbons (Fsp3) is 0.297. The second-order valence-electron chi connectivity index (χ2n) is 11.6. The van der Waals surface area contributed by atoms with E-state index in [1.807, 2.05) is 0 Å². The maximum atomic E-state index is 9.58. The van der Waals surface area contributed by atoms with Crippen molar-refractivity contribution in [2.75, 3.05) is 22.9 Å². The van der Waals surface area contributed by atoms with E-state index >= 15 is 0 Å².